The van der Waals surface area contributed by atoms with E-state index in [4.69, 9.17) is 14.2 Å². The number of H-pyrrole nitrogens is 1. The number of amides is 2. The van der Waals surface area contributed by atoms with Crippen LogP contribution in [0.4, 0.5) is 4.79 Å². The number of nitrogens with one attached hydrogen (secondary N) is 3. The number of rotatable bonds is 15. The van der Waals surface area contributed by atoms with E-state index < -0.39 is 68.7 Å². The van der Waals surface area contributed by atoms with Crippen molar-refractivity contribution >= 4 is 6.03 Å². The molecule has 2 amide bonds. The van der Waals surface area contributed by atoms with Crippen LogP contribution in [0.1, 0.15) is 48.6 Å². The van der Waals surface area contributed by atoms with Gasteiger partial charge in [0.05, 0.1) is 33.0 Å². The Morgan fingerprint density at radius 2 is 1.79 bits per heavy atom. The zero-order valence-corrected chi connectivity index (χ0v) is 24.6. The molecule has 1 fully saturated rings. The highest BCUT2D eigenvalue weighted by molar-refractivity contribution is 5.74. The SMILES string of the molecule is Cc1cc(OCCCNC(=O)NC(CO)(CO)CO)ccc1Cc1c(OC2OC(CO)[C@@H](O)C(O)[C@H]2O)n[nH]c1C(C)C. The van der Waals surface area contributed by atoms with Gasteiger partial charge in [0, 0.05) is 24.2 Å². The van der Waals surface area contributed by atoms with E-state index in [0.717, 1.165) is 22.4 Å². The average molecular weight is 613 g/mol. The van der Waals surface area contributed by atoms with Crippen molar-refractivity contribution in [2.45, 2.75) is 75.8 Å². The minimum absolute atomic E-state index is 0.0561. The summed E-state index contributed by atoms with van der Waals surface area (Å²) in [5.41, 5.74) is 1.91. The first kappa shape index (κ1) is 34.5. The Kier molecular flexibility index (Phi) is 12.5. The van der Waals surface area contributed by atoms with E-state index in [1.54, 1.807) is 0 Å². The average Bonchev–Trinajstić information content (AvgIpc) is 3.39. The summed E-state index contributed by atoms with van der Waals surface area (Å²) in [6, 6.07) is 4.96. The normalized spacial score (nSPS) is 22.4. The minimum atomic E-state index is -1.58. The number of aliphatic hydroxyl groups excluding tert-OH is 7. The maximum absolute atomic E-state index is 12.0. The van der Waals surface area contributed by atoms with Crippen LogP contribution in [0.3, 0.4) is 0 Å². The molecule has 0 aliphatic carbocycles. The molecule has 0 spiro atoms. The molecule has 15 heteroatoms. The number of aliphatic hydroxyl groups is 7. The van der Waals surface area contributed by atoms with Crippen LogP contribution in [0.2, 0.25) is 0 Å². The molecule has 15 nitrogen and oxygen atoms in total. The van der Waals surface area contributed by atoms with Gasteiger partial charge in [-0.2, -0.15) is 0 Å². The molecule has 1 saturated heterocycles. The van der Waals surface area contributed by atoms with Gasteiger partial charge in [0.2, 0.25) is 12.2 Å². The molecule has 2 aromatic rings. The number of aromatic nitrogens is 2. The van der Waals surface area contributed by atoms with Crippen molar-refractivity contribution in [3.8, 4) is 11.6 Å². The number of urea groups is 1. The number of aryl methyl sites for hydroxylation is 1. The number of hydrogen-bond donors (Lipinski definition) is 10. The molecule has 10 N–H and O–H groups in total. The Morgan fingerprint density at radius 1 is 1.09 bits per heavy atom. The maximum Gasteiger partial charge on any atom is 0.315 e. The van der Waals surface area contributed by atoms with Gasteiger partial charge in [-0.1, -0.05) is 19.9 Å². The standard InChI is InChI=1S/C28H44N4O11/c1-15(2)21-19(25(32-31-21)43-26-24(39)23(38)22(37)20(11-33)42-26)10-17-5-6-18(9-16(17)3)41-8-4-7-29-27(40)30-28(12-34,13-35)14-36/h5-6,9,15,20,22-24,26,33-39H,4,7-8,10-14H2,1-3H3,(H,31,32)(H2,29,30,40)/t20?,22-,23?,24-,26?/m1/s1. The molecule has 43 heavy (non-hydrogen) atoms. The Hall–Kier alpha value is -3.02. The number of nitrogens with zero attached hydrogens (tertiary/aromatic N) is 1. The summed E-state index contributed by atoms with van der Waals surface area (Å²) in [6.45, 7) is 4.05. The summed E-state index contributed by atoms with van der Waals surface area (Å²) < 4.78 is 17.2. The summed E-state index contributed by atoms with van der Waals surface area (Å²) in [4.78, 5) is 12.0. The lowest BCUT2D eigenvalue weighted by Crippen LogP contribution is -2.60. The zero-order chi connectivity index (χ0) is 31.7. The van der Waals surface area contributed by atoms with Crippen molar-refractivity contribution < 1.29 is 54.8 Å². The molecular weight excluding hydrogens is 568 g/mol. The highest BCUT2D eigenvalue weighted by Crippen LogP contribution is 2.32. The van der Waals surface area contributed by atoms with Gasteiger partial charge in [0.1, 0.15) is 35.7 Å². The number of carbonyl (C=O) groups is 1. The van der Waals surface area contributed by atoms with Crippen LogP contribution in [0.5, 0.6) is 11.6 Å². The smallest absolute Gasteiger partial charge is 0.315 e. The highest BCUT2D eigenvalue weighted by atomic mass is 16.7. The first-order valence-corrected chi connectivity index (χ1v) is 14.1. The van der Waals surface area contributed by atoms with Gasteiger partial charge in [0.25, 0.3) is 0 Å². The van der Waals surface area contributed by atoms with Gasteiger partial charge < -0.3 is 60.6 Å². The number of ether oxygens (including phenoxy) is 3. The van der Waals surface area contributed by atoms with E-state index in [0.29, 0.717) is 25.2 Å². The molecule has 1 aromatic carbocycles. The third kappa shape index (κ3) is 8.55. The molecule has 1 aliphatic heterocycles. The molecule has 0 bridgehead atoms. The quantitative estimate of drug-likeness (QED) is 0.102. The van der Waals surface area contributed by atoms with Crippen molar-refractivity contribution in [2.24, 2.45) is 0 Å². The first-order chi connectivity index (χ1) is 20.5. The van der Waals surface area contributed by atoms with Crippen LogP contribution in [0.15, 0.2) is 18.2 Å². The zero-order valence-electron chi connectivity index (χ0n) is 24.6. The molecule has 1 aliphatic rings. The summed E-state index contributed by atoms with van der Waals surface area (Å²) in [5, 5.41) is 80.2. The van der Waals surface area contributed by atoms with Crippen molar-refractivity contribution in [1.29, 1.82) is 0 Å². The third-order valence-corrected chi connectivity index (χ3v) is 7.36. The fourth-order valence-electron chi connectivity index (χ4n) is 4.55. The van der Waals surface area contributed by atoms with Crippen molar-refractivity contribution in [1.82, 2.24) is 20.8 Å². The molecule has 0 radical (unpaired) electrons. The Labute approximate surface area is 249 Å². The van der Waals surface area contributed by atoms with Crippen molar-refractivity contribution in [2.75, 3.05) is 39.6 Å². The second-order valence-corrected chi connectivity index (χ2v) is 11.0. The van der Waals surface area contributed by atoms with Gasteiger partial charge in [0.15, 0.2) is 0 Å². The molecule has 3 rings (SSSR count). The molecule has 242 valence electrons. The van der Waals surface area contributed by atoms with Crippen molar-refractivity contribution in [3.05, 3.63) is 40.6 Å². The fourth-order valence-corrected chi connectivity index (χ4v) is 4.55. The second kappa shape index (κ2) is 15.6. The predicted molar refractivity (Wildman–Crippen MR) is 152 cm³/mol. The predicted octanol–water partition coefficient (Wildman–Crippen LogP) is -1.61. The summed E-state index contributed by atoms with van der Waals surface area (Å²) in [5.74, 6) is 0.846. The van der Waals surface area contributed by atoms with Gasteiger partial charge in [-0.25, -0.2) is 4.79 Å². The van der Waals surface area contributed by atoms with E-state index >= 15 is 0 Å². The van der Waals surface area contributed by atoms with Crippen LogP contribution in [-0.4, -0.2) is 128 Å². The first-order valence-electron chi connectivity index (χ1n) is 14.1. The summed E-state index contributed by atoms with van der Waals surface area (Å²) >= 11 is 0. The van der Waals surface area contributed by atoms with Gasteiger partial charge in [-0.3, -0.25) is 5.10 Å². The Morgan fingerprint density at radius 3 is 2.40 bits per heavy atom. The monoisotopic (exact) mass is 612 g/mol. The molecule has 0 saturated carbocycles. The Bertz CT molecular complexity index is 1160. The van der Waals surface area contributed by atoms with E-state index in [1.807, 2.05) is 39.0 Å². The number of benzene rings is 1. The molecular formula is C28H44N4O11. The second-order valence-electron chi connectivity index (χ2n) is 11.0. The van der Waals surface area contributed by atoms with Crippen LogP contribution in [0, 0.1) is 6.92 Å². The van der Waals surface area contributed by atoms with Gasteiger partial charge >= 0.3 is 6.03 Å². The van der Waals surface area contributed by atoms with Gasteiger partial charge in [-0.05, 0) is 42.5 Å². The van der Waals surface area contributed by atoms with Crippen LogP contribution in [-0.2, 0) is 11.2 Å². The lowest BCUT2D eigenvalue weighted by Gasteiger charge is -2.39. The van der Waals surface area contributed by atoms with E-state index in [2.05, 4.69) is 20.8 Å². The fraction of sp³-hybridized carbons (Fsp3) is 0.643. The molecule has 2 heterocycles. The number of aromatic amines is 1. The van der Waals surface area contributed by atoms with E-state index in [1.165, 1.54) is 0 Å². The third-order valence-electron chi connectivity index (χ3n) is 7.36. The number of hydrogen-bond acceptors (Lipinski definition) is 12. The minimum Gasteiger partial charge on any atom is -0.494 e. The summed E-state index contributed by atoms with van der Waals surface area (Å²) in [7, 11) is 0. The van der Waals surface area contributed by atoms with Crippen LogP contribution >= 0.6 is 0 Å². The molecule has 3 unspecified atom stereocenters. The largest absolute Gasteiger partial charge is 0.494 e. The summed E-state index contributed by atoms with van der Waals surface area (Å²) in [6.07, 6.45) is -6.22. The van der Waals surface area contributed by atoms with Crippen LogP contribution < -0.4 is 20.1 Å². The van der Waals surface area contributed by atoms with Crippen molar-refractivity contribution in [3.63, 3.8) is 0 Å². The lowest BCUT2D eigenvalue weighted by molar-refractivity contribution is -0.278. The van der Waals surface area contributed by atoms with E-state index in [-0.39, 0.29) is 18.3 Å². The van der Waals surface area contributed by atoms with E-state index in [9.17, 15) is 40.5 Å². The maximum atomic E-state index is 12.0. The van der Waals surface area contributed by atoms with Gasteiger partial charge in [-0.15, -0.1) is 5.10 Å². The Balaban J connectivity index is 1.60. The molecule has 5 atom stereocenters. The highest BCUT2D eigenvalue weighted by Gasteiger charge is 2.45. The van der Waals surface area contributed by atoms with Crippen LogP contribution in [0.25, 0.3) is 0 Å². The lowest BCUT2D eigenvalue weighted by atomic mass is 9.96. The molecule has 1 aromatic heterocycles. The number of carbonyl (C=O) groups excluding carboxylic acids is 1. The topological polar surface area (TPSA) is 239 Å².